The Bertz CT molecular complexity index is 3390. The lowest BCUT2D eigenvalue weighted by molar-refractivity contribution is 0.671. The Morgan fingerprint density at radius 2 is 0.965 bits per heavy atom. The SMILES string of the molecule is c1ccc(-c2cc(-n3c4ccccc4c4c(-c5ccc(-n6c7ccccc7c7ccccc76)cc5)cc5c6ccccc6oc5c43)nc(-c3ccccc3)n2)cc1. The molecular weight excluding hydrogens is 697 g/mol. The van der Waals surface area contributed by atoms with Crippen LogP contribution in [0.3, 0.4) is 0 Å². The quantitative estimate of drug-likeness (QED) is 0.177. The molecule has 0 radical (unpaired) electrons. The first-order valence-electron chi connectivity index (χ1n) is 19.3. The van der Waals surface area contributed by atoms with Crippen molar-refractivity contribution in [3.05, 3.63) is 194 Å². The highest BCUT2D eigenvalue weighted by molar-refractivity contribution is 6.26. The van der Waals surface area contributed by atoms with Crippen LogP contribution in [0, 0.1) is 0 Å². The van der Waals surface area contributed by atoms with Crippen LogP contribution in [0.4, 0.5) is 0 Å². The number of fused-ring (bicyclic) bond motifs is 10. The van der Waals surface area contributed by atoms with Gasteiger partial charge in [-0.3, -0.25) is 4.57 Å². The molecule has 0 bridgehead atoms. The fourth-order valence-corrected chi connectivity index (χ4v) is 8.81. The second-order valence-electron chi connectivity index (χ2n) is 14.6. The molecule has 12 aromatic rings. The second-order valence-corrected chi connectivity index (χ2v) is 14.6. The zero-order valence-electron chi connectivity index (χ0n) is 30.7. The van der Waals surface area contributed by atoms with Gasteiger partial charge in [0, 0.05) is 55.2 Å². The predicted octanol–water partition coefficient (Wildman–Crippen LogP) is 13.6. The van der Waals surface area contributed by atoms with Crippen LogP contribution in [0.15, 0.2) is 199 Å². The first kappa shape index (κ1) is 31.6. The van der Waals surface area contributed by atoms with Crippen molar-refractivity contribution in [2.45, 2.75) is 0 Å². The van der Waals surface area contributed by atoms with Crippen LogP contribution in [-0.2, 0) is 0 Å². The van der Waals surface area contributed by atoms with Gasteiger partial charge in [-0.15, -0.1) is 0 Å². The number of furan rings is 1. The van der Waals surface area contributed by atoms with Crippen LogP contribution in [-0.4, -0.2) is 19.1 Å². The fourth-order valence-electron chi connectivity index (χ4n) is 8.81. The highest BCUT2D eigenvalue weighted by atomic mass is 16.3. The molecule has 0 spiro atoms. The lowest BCUT2D eigenvalue weighted by Gasteiger charge is -2.13. The Hall–Kier alpha value is -7.76. The van der Waals surface area contributed by atoms with Crippen molar-refractivity contribution in [3.8, 4) is 45.3 Å². The Labute approximate surface area is 327 Å². The normalized spacial score (nSPS) is 11.9. The number of hydrogen-bond donors (Lipinski definition) is 0. The Balaban J connectivity index is 1.16. The summed E-state index contributed by atoms with van der Waals surface area (Å²) in [5, 5.41) is 6.87. The molecule has 0 amide bonds. The topological polar surface area (TPSA) is 48.8 Å². The van der Waals surface area contributed by atoms with Crippen LogP contribution in [0.5, 0.6) is 0 Å². The van der Waals surface area contributed by atoms with Crippen molar-refractivity contribution in [3.63, 3.8) is 0 Å². The molecule has 8 aromatic carbocycles. The van der Waals surface area contributed by atoms with Gasteiger partial charge in [-0.2, -0.15) is 0 Å². The van der Waals surface area contributed by atoms with Crippen LogP contribution < -0.4 is 0 Å². The minimum atomic E-state index is 0.663. The molecule has 0 aliphatic carbocycles. The van der Waals surface area contributed by atoms with Gasteiger partial charge in [0.05, 0.1) is 27.8 Å². The van der Waals surface area contributed by atoms with Gasteiger partial charge in [-0.05, 0) is 53.6 Å². The van der Waals surface area contributed by atoms with Crippen molar-refractivity contribution in [1.29, 1.82) is 0 Å². The average molecular weight is 729 g/mol. The molecule has 5 heteroatoms. The molecule has 0 fully saturated rings. The van der Waals surface area contributed by atoms with E-state index in [1.165, 1.54) is 21.8 Å². The number of benzene rings is 8. The summed E-state index contributed by atoms with van der Waals surface area (Å²) < 4.78 is 11.5. The van der Waals surface area contributed by atoms with Gasteiger partial charge in [0.15, 0.2) is 11.4 Å². The molecular formula is C52H32N4O. The fraction of sp³-hybridized carbons (Fsp3) is 0. The Morgan fingerprint density at radius 1 is 0.404 bits per heavy atom. The second kappa shape index (κ2) is 12.4. The summed E-state index contributed by atoms with van der Waals surface area (Å²) in [5.74, 6) is 1.44. The van der Waals surface area contributed by atoms with E-state index in [1.54, 1.807) is 0 Å². The first-order chi connectivity index (χ1) is 28.3. The lowest BCUT2D eigenvalue weighted by atomic mass is 9.96. The molecule has 57 heavy (non-hydrogen) atoms. The van der Waals surface area contributed by atoms with Gasteiger partial charge < -0.3 is 8.98 Å². The Morgan fingerprint density at radius 3 is 1.65 bits per heavy atom. The molecule has 266 valence electrons. The standard InChI is InChI=1S/C52H32N4O/c1-3-15-34(16-4-1)43-32-48(54-52(53-43)35-17-5-2-6-18-35)56-46-25-13-9-22-40(46)49-41(31-42-39-21-10-14-26-47(39)57-51(42)50(49)56)33-27-29-36(30-28-33)55-44-23-11-7-19-37(44)38-20-8-12-24-45(38)55/h1-32H. The number of hydrogen-bond acceptors (Lipinski definition) is 3. The molecule has 4 heterocycles. The molecule has 0 N–H and O–H groups in total. The number of aromatic nitrogens is 4. The third-order valence-corrected chi connectivity index (χ3v) is 11.3. The number of para-hydroxylation sites is 4. The van der Waals surface area contributed by atoms with Crippen LogP contribution in [0.1, 0.15) is 0 Å². The van der Waals surface area contributed by atoms with Crippen molar-refractivity contribution >= 4 is 65.6 Å². The van der Waals surface area contributed by atoms with Crippen LogP contribution in [0.2, 0.25) is 0 Å². The van der Waals surface area contributed by atoms with Crippen molar-refractivity contribution < 1.29 is 4.42 Å². The third kappa shape index (κ3) is 4.82. The summed E-state index contributed by atoms with van der Waals surface area (Å²) in [5.41, 5.74) is 12.3. The summed E-state index contributed by atoms with van der Waals surface area (Å²) in [4.78, 5) is 10.5. The van der Waals surface area contributed by atoms with E-state index < -0.39 is 0 Å². The third-order valence-electron chi connectivity index (χ3n) is 11.3. The number of rotatable bonds is 5. The molecule has 0 atom stereocenters. The van der Waals surface area contributed by atoms with E-state index in [1.807, 2.05) is 30.3 Å². The van der Waals surface area contributed by atoms with Gasteiger partial charge >= 0.3 is 0 Å². The molecule has 0 aliphatic heterocycles. The summed E-state index contributed by atoms with van der Waals surface area (Å²) in [6, 6.07) is 68.3. The van der Waals surface area contributed by atoms with E-state index in [0.29, 0.717) is 5.82 Å². The largest absolute Gasteiger partial charge is 0.454 e. The van der Waals surface area contributed by atoms with E-state index >= 15 is 0 Å². The lowest BCUT2D eigenvalue weighted by Crippen LogP contribution is -2.02. The monoisotopic (exact) mass is 728 g/mol. The van der Waals surface area contributed by atoms with E-state index in [4.69, 9.17) is 14.4 Å². The maximum atomic E-state index is 6.86. The van der Waals surface area contributed by atoms with Crippen molar-refractivity contribution in [1.82, 2.24) is 19.1 Å². The summed E-state index contributed by atoms with van der Waals surface area (Å²) in [6.07, 6.45) is 0. The maximum Gasteiger partial charge on any atom is 0.162 e. The summed E-state index contributed by atoms with van der Waals surface area (Å²) in [7, 11) is 0. The molecule has 0 saturated carbocycles. The van der Waals surface area contributed by atoms with Gasteiger partial charge in [-0.1, -0.05) is 146 Å². The van der Waals surface area contributed by atoms with Gasteiger partial charge in [0.1, 0.15) is 11.4 Å². The van der Waals surface area contributed by atoms with E-state index in [9.17, 15) is 0 Å². The van der Waals surface area contributed by atoms with E-state index in [-0.39, 0.29) is 0 Å². The molecule has 12 rings (SSSR count). The minimum absolute atomic E-state index is 0.663. The van der Waals surface area contributed by atoms with Gasteiger partial charge in [-0.25, -0.2) is 9.97 Å². The highest BCUT2D eigenvalue weighted by Crippen LogP contribution is 2.46. The van der Waals surface area contributed by atoms with Gasteiger partial charge in [0.2, 0.25) is 0 Å². The van der Waals surface area contributed by atoms with E-state index in [0.717, 1.165) is 83.2 Å². The summed E-state index contributed by atoms with van der Waals surface area (Å²) >= 11 is 0. The van der Waals surface area contributed by atoms with Crippen molar-refractivity contribution in [2.75, 3.05) is 0 Å². The zero-order valence-corrected chi connectivity index (χ0v) is 30.7. The minimum Gasteiger partial charge on any atom is -0.454 e. The van der Waals surface area contributed by atoms with Crippen molar-refractivity contribution in [2.24, 2.45) is 0 Å². The number of nitrogens with zero attached hydrogens (tertiary/aromatic N) is 4. The van der Waals surface area contributed by atoms with Gasteiger partial charge in [0.25, 0.3) is 0 Å². The Kier molecular flexibility index (Phi) is 6.86. The van der Waals surface area contributed by atoms with Crippen LogP contribution >= 0.6 is 0 Å². The molecule has 5 nitrogen and oxygen atoms in total. The molecule has 4 aromatic heterocycles. The zero-order chi connectivity index (χ0) is 37.5. The molecule has 0 aliphatic rings. The maximum absolute atomic E-state index is 6.86. The summed E-state index contributed by atoms with van der Waals surface area (Å²) in [6.45, 7) is 0. The van der Waals surface area contributed by atoms with Crippen LogP contribution in [0.25, 0.3) is 111 Å². The molecule has 0 saturated heterocycles. The predicted molar refractivity (Wildman–Crippen MR) is 234 cm³/mol. The first-order valence-corrected chi connectivity index (χ1v) is 19.3. The smallest absolute Gasteiger partial charge is 0.162 e. The molecule has 0 unspecified atom stereocenters. The highest BCUT2D eigenvalue weighted by Gasteiger charge is 2.24. The van der Waals surface area contributed by atoms with E-state index in [2.05, 4.69) is 173 Å². The average Bonchev–Trinajstić information content (AvgIpc) is 3.95.